The lowest BCUT2D eigenvalue weighted by Crippen LogP contribution is -2.45. The number of nitrogens with one attached hydrogen (secondary N) is 3. The molecule has 3 aliphatic heterocycles. The molecule has 4 bridgehead atoms. The Morgan fingerprint density at radius 3 is 2.72 bits per heavy atom. The molecule has 0 unspecified atom stereocenters. The summed E-state index contributed by atoms with van der Waals surface area (Å²) < 4.78 is 18.1. The number of thiazole rings is 1. The van der Waals surface area contributed by atoms with Crippen molar-refractivity contribution in [2.24, 2.45) is 5.92 Å². The van der Waals surface area contributed by atoms with Gasteiger partial charge in [-0.1, -0.05) is 23.5 Å². The first-order chi connectivity index (χ1) is 20.8. The van der Waals surface area contributed by atoms with Gasteiger partial charge < -0.3 is 35.1 Å². The van der Waals surface area contributed by atoms with Crippen LogP contribution in [0.25, 0.3) is 0 Å². The second kappa shape index (κ2) is 12.5. The van der Waals surface area contributed by atoms with Crippen LogP contribution in [-0.2, 0) is 11.3 Å². The fourth-order valence-electron chi connectivity index (χ4n) is 5.04. The highest BCUT2D eigenvalue weighted by atomic mass is 32.1. The van der Waals surface area contributed by atoms with Gasteiger partial charge in [-0.15, -0.1) is 0 Å². The molecule has 1 saturated carbocycles. The first-order valence-electron chi connectivity index (χ1n) is 14.6. The molecule has 2 fully saturated rings. The number of hydrogen-bond donors (Lipinski definition) is 3. The molecule has 11 nitrogen and oxygen atoms in total. The first-order valence-corrected chi connectivity index (χ1v) is 15.4. The summed E-state index contributed by atoms with van der Waals surface area (Å²) in [6.07, 6.45) is 1.75. The molecule has 4 aliphatic rings. The second-order valence-electron chi connectivity index (χ2n) is 11.1. The number of ether oxygens (including phenoxy) is 3. The van der Waals surface area contributed by atoms with Gasteiger partial charge in [-0.3, -0.25) is 14.4 Å². The number of amides is 3. The summed E-state index contributed by atoms with van der Waals surface area (Å²) in [6, 6.07) is 11.9. The lowest BCUT2D eigenvalue weighted by molar-refractivity contribution is -0.123. The summed E-state index contributed by atoms with van der Waals surface area (Å²) in [7, 11) is 0. The van der Waals surface area contributed by atoms with Crippen molar-refractivity contribution >= 4 is 34.2 Å². The minimum Gasteiger partial charge on any atom is -0.493 e. The lowest BCUT2D eigenvalue weighted by Gasteiger charge is -2.21. The number of rotatable bonds is 6. The minimum absolute atomic E-state index is 0.149. The average molecular weight is 606 g/mol. The van der Waals surface area contributed by atoms with Crippen LogP contribution in [0.2, 0.25) is 0 Å². The van der Waals surface area contributed by atoms with Crippen molar-refractivity contribution in [1.82, 2.24) is 20.5 Å². The summed E-state index contributed by atoms with van der Waals surface area (Å²) in [5, 5.41) is 9.81. The van der Waals surface area contributed by atoms with Crippen LogP contribution in [0.5, 0.6) is 17.2 Å². The van der Waals surface area contributed by atoms with E-state index in [4.69, 9.17) is 14.2 Å². The van der Waals surface area contributed by atoms with Crippen molar-refractivity contribution in [3.63, 3.8) is 0 Å². The number of nitrogens with zero attached hydrogens (tertiary/aromatic N) is 2. The zero-order chi connectivity index (χ0) is 29.9. The van der Waals surface area contributed by atoms with Crippen LogP contribution < -0.4 is 30.2 Å². The number of aryl methyl sites for hydroxylation is 1. The zero-order valence-electron chi connectivity index (χ0n) is 24.2. The first kappa shape index (κ1) is 28.8. The number of benzene rings is 2. The van der Waals surface area contributed by atoms with Gasteiger partial charge in [0.1, 0.15) is 28.2 Å². The SMILES string of the molecule is CCNc1nc(C)c(C(=O)N2C[C@@H]3NC(=O)c4cc(cc(OCC5CC5)c4)OCC(=O)NCc4ccc(cc4)O[C@H]3C2)s1. The molecule has 3 aromatic rings. The highest BCUT2D eigenvalue weighted by Crippen LogP contribution is 2.31. The Kier molecular flexibility index (Phi) is 8.37. The molecule has 1 aliphatic carbocycles. The van der Waals surface area contributed by atoms with Gasteiger partial charge in [-0.25, -0.2) is 4.98 Å². The molecule has 3 amide bonds. The Morgan fingerprint density at radius 1 is 1.14 bits per heavy atom. The Balaban J connectivity index is 1.28. The molecule has 2 atom stereocenters. The van der Waals surface area contributed by atoms with E-state index in [-0.39, 0.29) is 37.4 Å². The molecular formula is C31H35N5O6S. The Bertz CT molecular complexity index is 1500. The third-order valence-corrected chi connectivity index (χ3v) is 8.69. The highest BCUT2D eigenvalue weighted by molar-refractivity contribution is 7.17. The molecule has 1 saturated heterocycles. The minimum atomic E-state index is -0.499. The summed E-state index contributed by atoms with van der Waals surface area (Å²) in [5.41, 5.74) is 1.89. The van der Waals surface area contributed by atoms with Gasteiger partial charge >= 0.3 is 0 Å². The molecule has 12 heteroatoms. The van der Waals surface area contributed by atoms with E-state index in [1.807, 2.05) is 38.1 Å². The summed E-state index contributed by atoms with van der Waals surface area (Å²) in [6.45, 7) is 5.74. The maximum atomic E-state index is 13.7. The van der Waals surface area contributed by atoms with Crippen LogP contribution in [0.3, 0.4) is 0 Å². The monoisotopic (exact) mass is 605 g/mol. The average Bonchev–Trinajstić information content (AvgIpc) is 3.65. The Hall–Kier alpha value is -4.32. The van der Waals surface area contributed by atoms with E-state index in [0.717, 1.165) is 18.4 Å². The fourth-order valence-corrected chi connectivity index (χ4v) is 6.05. The van der Waals surface area contributed by atoms with Crippen LogP contribution in [-0.4, -0.2) is 72.6 Å². The smallest absolute Gasteiger partial charge is 0.266 e. The number of carbonyl (C=O) groups is 3. The third kappa shape index (κ3) is 7.02. The van der Waals surface area contributed by atoms with E-state index in [1.54, 1.807) is 23.1 Å². The van der Waals surface area contributed by atoms with Crippen molar-refractivity contribution < 1.29 is 28.6 Å². The van der Waals surface area contributed by atoms with Crippen LogP contribution in [0.1, 0.15) is 51.1 Å². The van der Waals surface area contributed by atoms with Crippen LogP contribution in [0.4, 0.5) is 5.13 Å². The highest BCUT2D eigenvalue weighted by Gasteiger charge is 2.39. The molecule has 7 rings (SSSR count). The van der Waals surface area contributed by atoms with Gasteiger partial charge in [0.15, 0.2) is 11.7 Å². The molecule has 43 heavy (non-hydrogen) atoms. The number of aromatic nitrogens is 1. The van der Waals surface area contributed by atoms with E-state index in [9.17, 15) is 14.4 Å². The largest absolute Gasteiger partial charge is 0.493 e. The van der Waals surface area contributed by atoms with Crippen molar-refractivity contribution in [2.45, 2.75) is 45.4 Å². The standard InChI is InChI=1S/C31H35N5O6S/c1-3-32-31-34-18(2)28(43-31)30(39)36-14-25-26(15-36)42-22-8-6-19(7-9-22)13-33-27(37)17-41-24-11-21(29(38)35-25)10-23(12-24)40-16-20-4-5-20/h6-12,20,25-26H,3-5,13-17H2,1-2H3,(H,32,34)(H,33,37)(H,35,38)/t25-,26-/m0/s1. The molecule has 2 aromatic carbocycles. The van der Waals surface area contributed by atoms with Gasteiger partial charge in [0, 0.05) is 31.3 Å². The lowest BCUT2D eigenvalue weighted by atomic mass is 10.1. The van der Waals surface area contributed by atoms with E-state index in [2.05, 4.69) is 20.9 Å². The van der Waals surface area contributed by atoms with Crippen molar-refractivity contribution in [3.05, 3.63) is 64.2 Å². The Labute approximate surface area is 253 Å². The van der Waals surface area contributed by atoms with Crippen molar-refractivity contribution in [1.29, 1.82) is 0 Å². The molecule has 3 N–H and O–H groups in total. The predicted molar refractivity (Wildman–Crippen MR) is 161 cm³/mol. The molecule has 0 radical (unpaired) electrons. The predicted octanol–water partition coefficient (Wildman–Crippen LogP) is 3.38. The van der Waals surface area contributed by atoms with Crippen LogP contribution in [0.15, 0.2) is 42.5 Å². The third-order valence-electron chi connectivity index (χ3n) is 7.58. The summed E-state index contributed by atoms with van der Waals surface area (Å²) in [4.78, 5) is 46.5. The fraction of sp³-hybridized carbons (Fsp3) is 0.419. The second-order valence-corrected chi connectivity index (χ2v) is 12.1. The Morgan fingerprint density at radius 2 is 1.95 bits per heavy atom. The number of hydrogen-bond acceptors (Lipinski definition) is 9. The number of carbonyl (C=O) groups excluding carboxylic acids is 3. The normalized spacial score (nSPS) is 20.3. The zero-order valence-corrected chi connectivity index (χ0v) is 25.0. The topological polar surface area (TPSA) is 131 Å². The number of fused-ring (bicyclic) bond motifs is 7. The maximum Gasteiger partial charge on any atom is 0.266 e. The van der Waals surface area contributed by atoms with Crippen molar-refractivity contribution in [2.75, 3.05) is 38.2 Å². The van der Waals surface area contributed by atoms with Gasteiger partial charge in [-0.2, -0.15) is 0 Å². The molecule has 4 heterocycles. The molecule has 226 valence electrons. The molecular weight excluding hydrogens is 570 g/mol. The van der Waals surface area contributed by atoms with E-state index < -0.39 is 12.1 Å². The quantitative estimate of drug-likeness (QED) is 0.390. The van der Waals surface area contributed by atoms with Crippen LogP contribution in [0, 0.1) is 12.8 Å². The summed E-state index contributed by atoms with van der Waals surface area (Å²) in [5.74, 6) is 1.18. The van der Waals surface area contributed by atoms with Gasteiger partial charge in [0.2, 0.25) is 0 Å². The van der Waals surface area contributed by atoms with E-state index >= 15 is 0 Å². The maximum absolute atomic E-state index is 13.7. The molecule has 0 spiro atoms. The van der Waals surface area contributed by atoms with Gasteiger partial charge in [0.05, 0.1) is 24.9 Å². The van der Waals surface area contributed by atoms with Crippen molar-refractivity contribution in [3.8, 4) is 17.2 Å². The summed E-state index contributed by atoms with van der Waals surface area (Å²) >= 11 is 1.33. The van der Waals surface area contributed by atoms with Gasteiger partial charge in [0.25, 0.3) is 17.7 Å². The molecule has 1 aromatic heterocycles. The van der Waals surface area contributed by atoms with Crippen LogP contribution >= 0.6 is 11.3 Å². The number of likely N-dealkylation sites (tertiary alicyclic amines) is 1. The van der Waals surface area contributed by atoms with E-state index in [0.29, 0.717) is 64.1 Å². The van der Waals surface area contributed by atoms with E-state index in [1.165, 1.54) is 11.3 Å². The number of anilines is 1. The van der Waals surface area contributed by atoms with Gasteiger partial charge in [-0.05, 0) is 62.4 Å².